The van der Waals surface area contributed by atoms with E-state index >= 15 is 0 Å². The van der Waals surface area contributed by atoms with Crippen molar-refractivity contribution in [3.8, 4) is 0 Å². The molecule has 0 spiro atoms. The Morgan fingerprint density at radius 1 is 1.07 bits per heavy atom. The normalized spacial score (nSPS) is 10.6. The van der Waals surface area contributed by atoms with E-state index in [0.29, 0.717) is 18.0 Å². The van der Waals surface area contributed by atoms with Crippen LogP contribution in [0.5, 0.6) is 0 Å². The summed E-state index contributed by atoms with van der Waals surface area (Å²) in [6, 6.07) is 15.0. The van der Waals surface area contributed by atoms with Gasteiger partial charge in [0.1, 0.15) is 5.76 Å². The van der Waals surface area contributed by atoms with E-state index in [9.17, 15) is 9.59 Å². The molecule has 2 heterocycles. The number of amides is 2. The van der Waals surface area contributed by atoms with Gasteiger partial charge in [0, 0.05) is 15.4 Å². The van der Waals surface area contributed by atoms with E-state index in [1.54, 1.807) is 29.7 Å². The average molecular weight is 382 g/mol. The Morgan fingerprint density at radius 2 is 1.85 bits per heavy atom. The van der Waals surface area contributed by atoms with E-state index in [1.807, 2.05) is 43.3 Å². The maximum absolute atomic E-state index is 12.8. The lowest BCUT2D eigenvalue weighted by Crippen LogP contribution is -2.38. The number of carbonyl (C=O) groups is 2. The molecule has 0 aliphatic heterocycles. The van der Waals surface area contributed by atoms with Gasteiger partial charge in [0.15, 0.2) is 0 Å². The Kier molecular flexibility index (Phi) is 6.08. The van der Waals surface area contributed by atoms with Gasteiger partial charge in [-0.05, 0) is 55.3 Å². The van der Waals surface area contributed by atoms with Crippen LogP contribution >= 0.6 is 11.3 Å². The van der Waals surface area contributed by atoms with Gasteiger partial charge in [0.05, 0.1) is 19.4 Å². The molecule has 140 valence electrons. The van der Waals surface area contributed by atoms with E-state index in [1.165, 1.54) is 10.5 Å². The lowest BCUT2D eigenvalue weighted by Gasteiger charge is -2.20. The molecule has 1 N–H and O–H groups in total. The third-order valence-corrected chi connectivity index (χ3v) is 5.16. The quantitative estimate of drug-likeness (QED) is 0.644. The van der Waals surface area contributed by atoms with Crippen LogP contribution in [0.4, 0.5) is 5.69 Å². The van der Waals surface area contributed by atoms with E-state index in [4.69, 9.17) is 4.42 Å². The number of nitrogens with one attached hydrogen (secondary N) is 1. The molecule has 5 nitrogen and oxygen atoms in total. The summed E-state index contributed by atoms with van der Waals surface area (Å²) in [7, 11) is 0. The van der Waals surface area contributed by atoms with Crippen LogP contribution in [0.2, 0.25) is 0 Å². The first-order valence-corrected chi connectivity index (χ1v) is 9.63. The topological polar surface area (TPSA) is 62.6 Å². The Morgan fingerprint density at radius 3 is 2.44 bits per heavy atom. The SMILES string of the molecule is CCc1ccc(NC(=O)C(=O)N(Cc2ccco2)Cc2ccc(C)s2)cc1. The number of hydrogen-bond acceptors (Lipinski definition) is 4. The minimum Gasteiger partial charge on any atom is -0.467 e. The maximum Gasteiger partial charge on any atom is 0.313 e. The number of anilines is 1. The zero-order valence-electron chi connectivity index (χ0n) is 15.4. The van der Waals surface area contributed by atoms with Gasteiger partial charge in [-0.1, -0.05) is 19.1 Å². The van der Waals surface area contributed by atoms with Crippen molar-refractivity contribution < 1.29 is 14.0 Å². The van der Waals surface area contributed by atoms with Crippen molar-refractivity contribution in [1.82, 2.24) is 4.90 Å². The molecule has 2 aromatic heterocycles. The fraction of sp³-hybridized carbons (Fsp3) is 0.238. The minimum absolute atomic E-state index is 0.241. The molecule has 0 saturated heterocycles. The van der Waals surface area contributed by atoms with Gasteiger partial charge in [0.2, 0.25) is 0 Å². The number of aryl methyl sites for hydroxylation is 2. The van der Waals surface area contributed by atoms with E-state index < -0.39 is 11.8 Å². The van der Waals surface area contributed by atoms with Gasteiger partial charge in [-0.15, -0.1) is 11.3 Å². The number of thiophene rings is 1. The fourth-order valence-corrected chi connectivity index (χ4v) is 3.61. The van der Waals surface area contributed by atoms with Crippen molar-refractivity contribution in [1.29, 1.82) is 0 Å². The second kappa shape index (κ2) is 8.68. The second-order valence-corrected chi connectivity index (χ2v) is 7.63. The summed E-state index contributed by atoms with van der Waals surface area (Å²) in [5.41, 5.74) is 1.78. The van der Waals surface area contributed by atoms with Crippen molar-refractivity contribution in [3.05, 3.63) is 75.9 Å². The van der Waals surface area contributed by atoms with Gasteiger partial charge in [-0.25, -0.2) is 0 Å². The van der Waals surface area contributed by atoms with Gasteiger partial charge >= 0.3 is 11.8 Å². The standard InChI is InChI=1S/C21H22N2O3S/c1-3-16-7-9-17(10-8-16)22-20(24)21(25)23(13-18-5-4-12-26-18)14-19-11-6-15(2)27-19/h4-12H,3,13-14H2,1-2H3,(H,22,24). The zero-order chi connectivity index (χ0) is 19.2. The third kappa shape index (κ3) is 5.08. The Labute approximate surface area is 162 Å². The molecule has 3 rings (SSSR count). The molecule has 0 aliphatic carbocycles. The Balaban J connectivity index is 1.72. The lowest BCUT2D eigenvalue weighted by atomic mass is 10.1. The first-order chi connectivity index (χ1) is 13.0. The summed E-state index contributed by atoms with van der Waals surface area (Å²) in [4.78, 5) is 29.0. The summed E-state index contributed by atoms with van der Waals surface area (Å²) >= 11 is 1.61. The van der Waals surface area contributed by atoms with Crippen LogP contribution in [0, 0.1) is 6.92 Å². The third-order valence-electron chi connectivity index (χ3n) is 4.17. The molecule has 6 heteroatoms. The first kappa shape index (κ1) is 18.9. The predicted molar refractivity (Wildman–Crippen MR) is 106 cm³/mol. The van der Waals surface area contributed by atoms with E-state index in [-0.39, 0.29) is 6.54 Å². The molecule has 27 heavy (non-hydrogen) atoms. The molecule has 0 radical (unpaired) electrons. The van der Waals surface area contributed by atoms with Crippen molar-refractivity contribution >= 4 is 28.8 Å². The monoisotopic (exact) mass is 382 g/mol. The number of hydrogen-bond donors (Lipinski definition) is 1. The molecule has 0 fully saturated rings. The molecule has 0 saturated carbocycles. The molecule has 1 aromatic carbocycles. The number of rotatable bonds is 6. The van der Waals surface area contributed by atoms with E-state index in [0.717, 1.165) is 16.2 Å². The van der Waals surface area contributed by atoms with Crippen molar-refractivity contribution in [3.63, 3.8) is 0 Å². The summed E-state index contributed by atoms with van der Waals surface area (Å²) in [6.07, 6.45) is 2.48. The predicted octanol–water partition coefficient (Wildman–Crippen LogP) is 4.38. The molecule has 0 aliphatic rings. The highest BCUT2D eigenvalue weighted by Crippen LogP contribution is 2.19. The van der Waals surface area contributed by atoms with Crippen LogP contribution in [-0.4, -0.2) is 16.7 Å². The second-order valence-electron chi connectivity index (χ2n) is 6.26. The zero-order valence-corrected chi connectivity index (χ0v) is 16.2. The summed E-state index contributed by atoms with van der Waals surface area (Å²) in [5.74, 6) is -0.604. The van der Waals surface area contributed by atoms with Crippen molar-refractivity contribution in [2.75, 3.05) is 5.32 Å². The van der Waals surface area contributed by atoms with Gasteiger partial charge in [-0.3, -0.25) is 9.59 Å². The average Bonchev–Trinajstić information content (AvgIpc) is 3.33. The van der Waals surface area contributed by atoms with Crippen molar-refractivity contribution in [2.45, 2.75) is 33.4 Å². The molecular weight excluding hydrogens is 360 g/mol. The number of carbonyl (C=O) groups excluding carboxylic acids is 2. The molecule has 0 unspecified atom stereocenters. The highest BCUT2D eigenvalue weighted by molar-refractivity contribution is 7.11. The van der Waals surface area contributed by atoms with Crippen LogP contribution < -0.4 is 5.32 Å². The summed E-state index contributed by atoms with van der Waals surface area (Å²) in [6.45, 7) is 4.68. The molecule has 3 aromatic rings. The highest BCUT2D eigenvalue weighted by Gasteiger charge is 2.23. The van der Waals surface area contributed by atoms with Gasteiger partial charge < -0.3 is 14.6 Å². The lowest BCUT2D eigenvalue weighted by molar-refractivity contribution is -0.144. The number of nitrogens with zero attached hydrogens (tertiary/aromatic N) is 1. The van der Waals surface area contributed by atoms with Crippen LogP contribution in [0.25, 0.3) is 0 Å². The molecule has 2 amide bonds. The molecule has 0 bridgehead atoms. The minimum atomic E-state index is -0.654. The van der Waals surface area contributed by atoms with Crippen LogP contribution in [0.15, 0.2) is 59.2 Å². The summed E-state index contributed by atoms with van der Waals surface area (Å²) in [5, 5.41) is 2.69. The Hall–Kier alpha value is -2.86. The van der Waals surface area contributed by atoms with Crippen LogP contribution in [0.1, 0.15) is 28.0 Å². The number of benzene rings is 1. The smallest absolute Gasteiger partial charge is 0.313 e. The highest BCUT2D eigenvalue weighted by atomic mass is 32.1. The number of furan rings is 1. The largest absolute Gasteiger partial charge is 0.467 e. The van der Waals surface area contributed by atoms with Crippen molar-refractivity contribution in [2.24, 2.45) is 0 Å². The first-order valence-electron chi connectivity index (χ1n) is 8.82. The maximum atomic E-state index is 12.8. The molecule has 0 atom stereocenters. The van der Waals surface area contributed by atoms with Gasteiger partial charge in [0.25, 0.3) is 0 Å². The van der Waals surface area contributed by atoms with Crippen LogP contribution in [0.3, 0.4) is 0 Å². The molecular formula is C21H22N2O3S. The summed E-state index contributed by atoms with van der Waals surface area (Å²) < 4.78 is 5.36. The van der Waals surface area contributed by atoms with Gasteiger partial charge in [-0.2, -0.15) is 0 Å². The Bertz CT molecular complexity index is 898. The fourth-order valence-electron chi connectivity index (χ4n) is 2.70. The van der Waals surface area contributed by atoms with Crippen LogP contribution in [-0.2, 0) is 29.1 Å². The van der Waals surface area contributed by atoms with E-state index in [2.05, 4.69) is 12.2 Å².